The van der Waals surface area contributed by atoms with E-state index in [2.05, 4.69) is 5.32 Å². The number of aliphatic hydroxyl groups is 1. The average molecular weight is 270 g/mol. The minimum absolute atomic E-state index is 0.0650. The maximum Gasteiger partial charge on any atom is 0.317 e. The summed E-state index contributed by atoms with van der Waals surface area (Å²) in [5, 5.41) is 20.7. The molecule has 0 aromatic rings. The van der Waals surface area contributed by atoms with Crippen LogP contribution < -0.4 is 5.32 Å². The highest BCUT2D eigenvalue weighted by Crippen LogP contribution is 2.45. The van der Waals surface area contributed by atoms with Crippen molar-refractivity contribution in [3.63, 3.8) is 0 Å². The summed E-state index contributed by atoms with van der Waals surface area (Å²) in [5.74, 6) is -0.821. The molecule has 0 heterocycles. The number of rotatable bonds is 7. The van der Waals surface area contributed by atoms with Gasteiger partial charge in [0.2, 0.25) is 0 Å². The maximum atomic E-state index is 12.1. The summed E-state index contributed by atoms with van der Waals surface area (Å²) in [5.41, 5.74) is -0.724. The minimum Gasteiger partial charge on any atom is -0.481 e. The van der Waals surface area contributed by atoms with Crippen LogP contribution in [0, 0.1) is 5.41 Å². The van der Waals surface area contributed by atoms with Gasteiger partial charge in [-0.2, -0.15) is 0 Å². The number of amides is 2. The van der Waals surface area contributed by atoms with Crippen molar-refractivity contribution in [1.82, 2.24) is 10.2 Å². The number of carbonyl (C=O) groups is 2. The summed E-state index contributed by atoms with van der Waals surface area (Å²) in [7, 11) is 0. The quantitative estimate of drug-likeness (QED) is 0.638. The van der Waals surface area contributed by atoms with E-state index in [1.54, 1.807) is 4.90 Å². The molecule has 108 valence electrons. The van der Waals surface area contributed by atoms with E-state index in [4.69, 9.17) is 10.2 Å². The number of urea groups is 1. The fraction of sp³-hybridized carbons (Fsp3) is 0.846. The van der Waals surface area contributed by atoms with Crippen LogP contribution in [0.3, 0.4) is 0 Å². The Labute approximate surface area is 112 Å². The molecule has 2 aliphatic carbocycles. The van der Waals surface area contributed by atoms with E-state index in [1.165, 1.54) is 0 Å². The van der Waals surface area contributed by atoms with Gasteiger partial charge in [0.1, 0.15) is 0 Å². The number of nitrogens with one attached hydrogen (secondary N) is 1. The first kappa shape index (κ1) is 14.1. The number of hydrogen-bond donors (Lipinski definition) is 3. The summed E-state index contributed by atoms with van der Waals surface area (Å²) in [6, 6.07) is 0.0669. The molecule has 0 spiro atoms. The Hall–Kier alpha value is -1.30. The first-order chi connectivity index (χ1) is 9.09. The smallest absolute Gasteiger partial charge is 0.317 e. The monoisotopic (exact) mass is 270 g/mol. The largest absolute Gasteiger partial charge is 0.481 e. The molecule has 3 N–H and O–H groups in total. The van der Waals surface area contributed by atoms with Gasteiger partial charge < -0.3 is 20.4 Å². The van der Waals surface area contributed by atoms with Crippen molar-refractivity contribution in [3.05, 3.63) is 0 Å². The third-order valence-corrected chi connectivity index (χ3v) is 4.22. The van der Waals surface area contributed by atoms with Gasteiger partial charge >= 0.3 is 12.0 Å². The molecule has 0 radical (unpaired) electrons. The van der Waals surface area contributed by atoms with E-state index in [0.717, 1.165) is 19.3 Å². The normalized spacial score (nSPS) is 20.5. The van der Waals surface area contributed by atoms with E-state index < -0.39 is 11.4 Å². The van der Waals surface area contributed by atoms with Gasteiger partial charge in [-0.1, -0.05) is 0 Å². The second kappa shape index (κ2) is 5.77. The number of nitrogens with zero attached hydrogens (tertiary/aromatic N) is 1. The molecule has 2 aliphatic rings. The lowest BCUT2D eigenvalue weighted by molar-refractivity contribution is -0.143. The molecule has 0 saturated heterocycles. The lowest BCUT2D eigenvalue weighted by atomic mass is 9.91. The Balaban J connectivity index is 1.83. The van der Waals surface area contributed by atoms with Crippen molar-refractivity contribution >= 4 is 12.0 Å². The van der Waals surface area contributed by atoms with Crippen molar-refractivity contribution in [2.45, 2.75) is 44.6 Å². The Morgan fingerprint density at radius 3 is 2.42 bits per heavy atom. The Morgan fingerprint density at radius 2 is 2.00 bits per heavy atom. The van der Waals surface area contributed by atoms with Gasteiger partial charge in [-0.05, 0) is 38.5 Å². The summed E-state index contributed by atoms with van der Waals surface area (Å²) < 4.78 is 0. The molecular weight excluding hydrogens is 248 g/mol. The number of hydrogen-bond acceptors (Lipinski definition) is 3. The number of aliphatic hydroxyl groups excluding tert-OH is 1. The van der Waals surface area contributed by atoms with Crippen LogP contribution in [-0.4, -0.2) is 52.9 Å². The van der Waals surface area contributed by atoms with Gasteiger partial charge in [0.25, 0.3) is 0 Å². The SMILES string of the molecule is O=C(NCC1(C(=O)O)CC1)N(CCCO)C1CCC1. The molecule has 2 rings (SSSR count). The Bertz CT molecular complexity index is 351. The third-order valence-electron chi connectivity index (χ3n) is 4.22. The van der Waals surface area contributed by atoms with Gasteiger partial charge in [-0.25, -0.2) is 4.79 Å². The zero-order chi connectivity index (χ0) is 13.9. The lowest BCUT2D eigenvalue weighted by Gasteiger charge is -2.37. The van der Waals surface area contributed by atoms with Crippen LogP contribution in [0.2, 0.25) is 0 Å². The zero-order valence-corrected chi connectivity index (χ0v) is 11.1. The van der Waals surface area contributed by atoms with Crippen LogP contribution in [0.5, 0.6) is 0 Å². The summed E-state index contributed by atoms with van der Waals surface area (Å²) in [4.78, 5) is 24.9. The van der Waals surface area contributed by atoms with Gasteiger partial charge in [-0.3, -0.25) is 4.79 Å². The molecular formula is C13H22N2O4. The van der Waals surface area contributed by atoms with E-state index >= 15 is 0 Å². The molecule has 2 amide bonds. The maximum absolute atomic E-state index is 12.1. The minimum atomic E-state index is -0.821. The molecule has 0 aromatic carbocycles. The number of aliphatic carboxylic acids is 1. The molecule has 19 heavy (non-hydrogen) atoms. The molecule has 0 atom stereocenters. The lowest BCUT2D eigenvalue weighted by Crippen LogP contribution is -2.51. The molecule has 2 saturated carbocycles. The Kier molecular flexibility index (Phi) is 4.29. The van der Waals surface area contributed by atoms with Crippen LogP contribution >= 0.6 is 0 Å². The van der Waals surface area contributed by atoms with Crippen molar-refractivity contribution in [3.8, 4) is 0 Å². The molecule has 0 unspecified atom stereocenters. The standard InChI is InChI=1S/C13H22N2O4/c16-8-2-7-15(10-3-1-4-10)12(19)14-9-13(5-6-13)11(17)18/h10,16H,1-9H2,(H,14,19)(H,17,18). The van der Waals surface area contributed by atoms with Crippen molar-refractivity contribution in [2.75, 3.05) is 19.7 Å². The zero-order valence-electron chi connectivity index (χ0n) is 11.1. The van der Waals surface area contributed by atoms with Crippen LogP contribution in [0.1, 0.15) is 38.5 Å². The van der Waals surface area contributed by atoms with E-state index in [9.17, 15) is 9.59 Å². The second-order valence-electron chi connectivity index (χ2n) is 5.60. The number of carboxylic acid groups (broad SMARTS) is 1. The highest BCUT2D eigenvalue weighted by molar-refractivity contribution is 5.80. The molecule has 0 aromatic heterocycles. The van der Waals surface area contributed by atoms with Gasteiger partial charge in [0.05, 0.1) is 5.41 Å². The van der Waals surface area contributed by atoms with Crippen LogP contribution in [0.15, 0.2) is 0 Å². The van der Waals surface area contributed by atoms with Gasteiger partial charge in [-0.15, -0.1) is 0 Å². The summed E-state index contributed by atoms with van der Waals surface area (Å²) >= 11 is 0. The van der Waals surface area contributed by atoms with Gasteiger partial charge in [0, 0.05) is 25.7 Å². The van der Waals surface area contributed by atoms with Crippen LogP contribution in [0.25, 0.3) is 0 Å². The van der Waals surface area contributed by atoms with Crippen molar-refractivity contribution in [1.29, 1.82) is 0 Å². The second-order valence-corrected chi connectivity index (χ2v) is 5.60. The highest BCUT2D eigenvalue weighted by atomic mass is 16.4. The van der Waals surface area contributed by atoms with Gasteiger partial charge in [0.15, 0.2) is 0 Å². The topological polar surface area (TPSA) is 89.9 Å². The van der Waals surface area contributed by atoms with Crippen LogP contribution in [0.4, 0.5) is 4.79 Å². The molecule has 0 aliphatic heterocycles. The van der Waals surface area contributed by atoms with E-state index in [1.807, 2.05) is 0 Å². The molecule has 6 heteroatoms. The molecule has 2 fully saturated rings. The van der Waals surface area contributed by atoms with E-state index in [0.29, 0.717) is 25.8 Å². The van der Waals surface area contributed by atoms with Crippen LogP contribution in [-0.2, 0) is 4.79 Å². The van der Waals surface area contributed by atoms with Crippen molar-refractivity contribution < 1.29 is 19.8 Å². The first-order valence-corrected chi connectivity index (χ1v) is 6.98. The molecule has 6 nitrogen and oxygen atoms in total. The summed E-state index contributed by atoms with van der Waals surface area (Å²) in [6.45, 7) is 0.812. The first-order valence-electron chi connectivity index (χ1n) is 6.98. The predicted octanol–water partition coefficient (Wildman–Crippen LogP) is 0.798. The fourth-order valence-corrected chi connectivity index (χ4v) is 2.35. The number of carboxylic acids is 1. The Morgan fingerprint density at radius 1 is 1.32 bits per heavy atom. The summed E-state index contributed by atoms with van der Waals surface area (Å²) in [6.07, 6.45) is 4.98. The third kappa shape index (κ3) is 3.18. The molecule has 0 bridgehead atoms. The number of carbonyl (C=O) groups excluding carboxylic acids is 1. The fourth-order valence-electron chi connectivity index (χ4n) is 2.35. The van der Waals surface area contributed by atoms with Crippen molar-refractivity contribution in [2.24, 2.45) is 5.41 Å². The predicted molar refractivity (Wildman–Crippen MR) is 68.7 cm³/mol. The van der Waals surface area contributed by atoms with E-state index in [-0.39, 0.29) is 25.2 Å². The average Bonchev–Trinajstić information content (AvgIpc) is 3.10. The highest BCUT2D eigenvalue weighted by Gasteiger charge is 2.50.